The molecule has 23 heavy (non-hydrogen) atoms. The summed E-state index contributed by atoms with van der Waals surface area (Å²) in [5, 5.41) is 2.74. The fraction of sp³-hybridized carbons (Fsp3) is 0.176. The topological polar surface area (TPSA) is 64.6 Å². The van der Waals surface area contributed by atoms with Gasteiger partial charge in [-0.3, -0.25) is 4.79 Å². The van der Waals surface area contributed by atoms with Gasteiger partial charge in [-0.15, -0.1) is 0 Å². The van der Waals surface area contributed by atoms with Crippen molar-refractivity contribution in [1.82, 2.24) is 0 Å². The summed E-state index contributed by atoms with van der Waals surface area (Å²) in [7, 11) is 1.31. The lowest BCUT2D eigenvalue weighted by molar-refractivity contribution is -0.118. The highest BCUT2D eigenvalue weighted by atomic mass is 127. The number of aryl methyl sites for hydroxylation is 1. The van der Waals surface area contributed by atoms with Gasteiger partial charge in [-0.25, -0.2) is 4.79 Å². The van der Waals surface area contributed by atoms with Crippen LogP contribution in [-0.2, 0) is 9.53 Å². The predicted molar refractivity (Wildman–Crippen MR) is 95.8 cm³/mol. The number of nitrogens with one attached hydrogen (secondary N) is 1. The van der Waals surface area contributed by atoms with E-state index in [-0.39, 0.29) is 12.5 Å². The van der Waals surface area contributed by atoms with Crippen molar-refractivity contribution >= 4 is 40.2 Å². The second-order valence-corrected chi connectivity index (χ2v) is 6.06. The van der Waals surface area contributed by atoms with Crippen LogP contribution in [0.5, 0.6) is 5.75 Å². The van der Waals surface area contributed by atoms with Crippen LogP contribution in [0, 0.1) is 10.5 Å². The molecule has 0 aliphatic rings. The molecule has 0 spiro atoms. The van der Waals surface area contributed by atoms with E-state index in [9.17, 15) is 9.59 Å². The zero-order chi connectivity index (χ0) is 16.8. The van der Waals surface area contributed by atoms with Crippen LogP contribution in [-0.4, -0.2) is 25.6 Å². The van der Waals surface area contributed by atoms with Gasteiger partial charge in [0.1, 0.15) is 5.75 Å². The fourth-order valence-corrected chi connectivity index (χ4v) is 2.41. The molecule has 2 aromatic rings. The average molecular weight is 425 g/mol. The van der Waals surface area contributed by atoms with E-state index in [1.54, 1.807) is 24.3 Å². The third-order valence-electron chi connectivity index (χ3n) is 3.10. The summed E-state index contributed by atoms with van der Waals surface area (Å²) in [6.07, 6.45) is 0. The van der Waals surface area contributed by atoms with Crippen LogP contribution >= 0.6 is 22.6 Å². The molecule has 0 saturated carbocycles. The summed E-state index contributed by atoms with van der Waals surface area (Å²) in [5.74, 6) is -0.114. The number of carbonyl (C=O) groups is 2. The number of ether oxygens (including phenoxy) is 2. The maximum Gasteiger partial charge on any atom is 0.337 e. The first-order valence-corrected chi connectivity index (χ1v) is 7.94. The van der Waals surface area contributed by atoms with Crippen molar-refractivity contribution in [2.45, 2.75) is 6.92 Å². The van der Waals surface area contributed by atoms with Crippen molar-refractivity contribution in [3.63, 3.8) is 0 Å². The van der Waals surface area contributed by atoms with Crippen LogP contribution in [0.15, 0.2) is 42.5 Å². The molecular weight excluding hydrogens is 409 g/mol. The first-order chi connectivity index (χ1) is 11.0. The van der Waals surface area contributed by atoms with Gasteiger partial charge in [0, 0.05) is 9.26 Å². The third-order valence-corrected chi connectivity index (χ3v) is 3.77. The van der Waals surface area contributed by atoms with E-state index < -0.39 is 5.97 Å². The molecule has 2 rings (SSSR count). The minimum atomic E-state index is -0.449. The molecule has 0 aliphatic carbocycles. The van der Waals surface area contributed by atoms with E-state index >= 15 is 0 Å². The van der Waals surface area contributed by atoms with E-state index in [2.05, 4.69) is 32.6 Å². The Morgan fingerprint density at radius 2 is 1.96 bits per heavy atom. The molecule has 0 fully saturated rings. The highest BCUT2D eigenvalue weighted by Crippen LogP contribution is 2.18. The smallest absolute Gasteiger partial charge is 0.337 e. The summed E-state index contributed by atoms with van der Waals surface area (Å²) in [6, 6.07) is 12.4. The first-order valence-electron chi connectivity index (χ1n) is 6.87. The van der Waals surface area contributed by atoms with Crippen LogP contribution in [0.25, 0.3) is 0 Å². The Hall–Kier alpha value is -2.09. The van der Waals surface area contributed by atoms with Crippen molar-refractivity contribution in [2.24, 2.45) is 0 Å². The summed E-state index contributed by atoms with van der Waals surface area (Å²) in [5.41, 5.74) is 1.79. The lowest BCUT2D eigenvalue weighted by atomic mass is 10.1. The van der Waals surface area contributed by atoms with Gasteiger partial charge >= 0.3 is 5.97 Å². The quantitative estimate of drug-likeness (QED) is 0.589. The summed E-state index contributed by atoms with van der Waals surface area (Å²) in [6.45, 7) is 1.74. The fourth-order valence-electron chi connectivity index (χ4n) is 1.89. The van der Waals surface area contributed by atoms with Gasteiger partial charge in [0.05, 0.1) is 12.7 Å². The maximum atomic E-state index is 12.0. The van der Waals surface area contributed by atoms with Gasteiger partial charge in [0.15, 0.2) is 6.61 Å². The Balaban J connectivity index is 2.01. The molecule has 1 N–H and O–H groups in total. The molecule has 0 atom stereocenters. The molecule has 0 saturated heterocycles. The lowest BCUT2D eigenvalue weighted by Crippen LogP contribution is -2.21. The minimum Gasteiger partial charge on any atom is -0.484 e. The van der Waals surface area contributed by atoms with Crippen molar-refractivity contribution in [3.8, 4) is 5.75 Å². The summed E-state index contributed by atoms with van der Waals surface area (Å²) in [4.78, 5) is 23.6. The van der Waals surface area contributed by atoms with Crippen molar-refractivity contribution in [2.75, 3.05) is 19.0 Å². The number of hydrogen-bond acceptors (Lipinski definition) is 4. The van der Waals surface area contributed by atoms with E-state index in [1.807, 2.05) is 25.1 Å². The molecule has 0 heterocycles. The molecular formula is C17H16INO4. The Bertz CT molecular complexity index is 730. The number of anilines is 1. The Morgan fingerprint density at radius 3 is 2.65 bits per heavy atom. The van der Waals surface area contributed by atoms with Crippen molar-refractivity contribution in [3.05, 3.63) is 57.2 Å². The van der Waals surface area contributed by atoms with E-state index in [1.165, 1.54) is 7.11 Å². The van der Waals surface area contributed by atoms with Gasteiger partial charge in [-0.2, -0.15) is 0 Å². The Morgan fingerprint density at radius 1 is 1.17 bits per heavy atom. The highest BCUT2D eigenvalue weighted by Gasteiger charge is 2.11. The van der Waals surface area contributed by atoms with Crippen LogP contribution in [0.1, 0.15) is 15.9 Å². The third kappa shape index (κ3) is 4.95. The van der Waals surface area contributed by atoms with E-state index in [4.69, 9.17) is 4.74 Å². The van der Waals surface area contributed by atoms with Gasteiger partial charge in [0.2, 0.25) is 0 Å². The molecule has 0 unspecified atom stereocenters. The standard InChI is InChI=1S/C17H16INO4/c1-11-6-7-12(17(21)22-2)8-15(11)19-16(20)10-23-14-5-3-4-13(18)9-14/h3-9H,10H2,1-2H3,(H,19,20). The van der Waals surface area contributed by atoms with E-state index in [0.717, 1.165) is 9.13 Å². The van der Waals surface area contributed by atoms with Gasteiger partial charge in [-0.05, 0) is 65.4 Å². The number of esters is 1. The van der Waals surface area contributed by atoms with Gasteiger partial charge < -0.3 is 14.8 Å². The highest BCUT2D eigenvalue weighted by molar-refractivity contribution is 14.1. The normalized spacial score (nSPS) is 10.0. The van der Waals surface area contributed by atoms with Crippen molar-refractivity contribution < 1.29 is 19.1 Å². The van der Waals surface area contributed by atoms with Crippen molar-refractivity contribution in [1.29, 1.82) is 0 Å². The molecule has 1 amide bonds. The van der Waals surface area contributed by atoms with Crippen LogP contribution < -0.4 is 10.1 Å². The lowest BCUT2D eigenvalue weighted by Gasteiger charge is -2.11. The zero-order valence-corrected chi connectivity index (χ0v) is 14.9. The maximum absolute atomic E-state index is 12.0. The molecule has 120 valence electrons. The number of benzene rings is 2. The molecule has 6 heteroatoms. The van der Waals surface area contributed by atoms with Gasteiger partial charge in [-0.1, -0.05) is 12.1 Å². The molecule has 0 bridgehead atoms. The predicted octanol–water partition coefficient (Wildman–Crippen LogP) is 3.40. The second-order valence-electron chi connectivity index (χ2n) is 4.82. The summed E-state index contributed by atoms with van der Waals surface area (Å²) < 4.78 is 11.2. The molecule has 2 aromatic carbocycles. The Labute approximate surface area is 148 Å². The number of amides is 1. The first kappa shape index (κ1) is 17.3. The average Bonchev–Trinajstić information content (AvgIpc) is 2.54. The second kappa shape index (κ2) is 7.96. The number of carbonyl (C=O) groups excluding carboxylic acids is 2. The van der Waals surface area contributed by atoms with Crippen LogP contribution in [0.3, 0.4) is 0 Å². The monoisotopic (exact) mass is 425 g/mol. The SMILES string of the molecule is COC(=O)c1ccc(C)c(NC(=O)COc2cccc(I)c2)c1. The Kier molecular flexibility index (Phi) is 5.97. The molecule has 0 aliphatic heterocycles. The molecule has 5 nitrogen and oxygen atoms in total. The number of rotatable bonds is 5. The van der Waals surface area contributed by atoms with Crippen LogP contribution in [0.4, 0.5) is 5.69 Å². The van der Waals surface area contributed by atoms with E-state index in [0.29, 0.717) is 17.0 Å². The number of methoxy groups -OCH3 is 1. The number of halogens is 1. The van der Waals surface area contributed by atoms with Crippen LogP contribution in [0.2, 0.25) is 0 Å². The molecule has 0 radical (unpaired) electrons. The van der Waals surface area contributed by atoms with Gasteiger partial charge in [0.25, 0.3) is 5.91 Å². The molecule has 0 aromatic heterocycles. The summed E-state index contributed by atoms with van der Waals surface area (Å²) >= 11 is 2.17. The minimum absolute atomic E-state index is 0.109. The largest absolute Gasteiger partial charge is 0.484 e. The zero-order valence-electron chi connectivity index (χ0n) is 12.8. The number of hydrogen-bond donors (Lipinski definition) is 1.